The number of nitrogens with one attached hydrogen (secondary N) is 2. The average Bonchev–Trinajstić information content (AvgIpc) is 3.23. The number of amides is 2. The van der Waals surface area contributed by atoms with Crippen LogP contribution in [0.2, 0.25) is 0 Å². The highest BCUT2D eigenvalue weighted by molar-refractivity contribution is 5.87. The number of hydrogen-bond acceptors (Lipinski definition) is 6. The Morgan fingerprint density at radius 1 is 0.500 bits per heavy atom. The van der Waals surface area contributed by atoms with Crippen molar-refractivity contribution in [3.8, 4) is 0 Å². The number of rotatable bonds is 41. The van der Waals surface area contributed by atoms with Gasteiger partial charge in [0.05, 0.1) is 13.2 Å². The van der Waals surface area contributed by atoms with Crippen LogP contribution in [0.5, 0.6) is 0 Å². The van der Waals surface area contributed by atoms with Crippen molar-refractivity contribution in [3.05, 3.63) is 85.1 Å². The minimum atomic E-state index is -1.39. The van der Waals surface area contributed by atoms with E-state index in [4.69, 9.17) is 14.9 Å². The molecule has 0 saturated heterocycles. The van der Waals surface area contributed by atoms with Gasteiger partial charge >= 0.3 is 11.9 Å². The number of aliphatic hydroxyl groups is 1. The normalized spacial score (nSPS) is 13.2. The van der Waals surface area contributed by atoms with Gasteiger partial charge < -0.3 is 25.6 Å². The topological polar surface area (TPSA) is 142 Å². The number of aliphatic hydroxyl groups excluding tert-OH is 1. The fourth-order valence-electron chi connectivity index (χ4n) is 6.37. The molecular weight excluding hydrogens is 753 g/mol. The molecule has 0 aromatic carbocycles. The van der Waals surface area contributed by atoms with Crippen molar-refractivity contribution in [3.63, 3.8) is 0 Å². The third-order valence-corrected chi connectivity index (χ3v) is 9.89. The summed E-state index contributed by atoms with van der Waals surface area (Å²) >= 11 is 0. The molecule has 0 bridgehead atoms. The maximum absolute atomic E-state index is 12.8. The van der Waals surface area contributed by atoms with E-state index in [1.54, 1.807) is 0 Å². The molecule has 9 nitrogen and oxygen atoms in total. The first-order chi connectivity index (χ1) is 29.3. The SMILES string of the molecule is CC/C=C\C/C=C\C/C=C\C/C=C\CCCCC(CCCCCCCC(=O)NCC(=O)NC(CO)C(=O)O)OC(=O)CCCCCCCCC/C=C\C/C=C\C/C=C\CC. The number of unbranched alkanes of at least 4 members (excludes halogenated alkanes) is 13. The van der Waals surface area contributed by atoms with Gasteiger partial charge in [0.25, 0.3) is 0 Å². The molecule has 9 heteroatoms. The standard InChI is InChI=1S/C51H84N2O7/c1-3-5-7-9-11-13-15-17-19-20-22-24-26-28-30-35-39-43-50(57)60-46(40-36-32-29-27-25-23-21-18-16-14-12-10-8-6-4-2)41-37-33-31-34-38-42-48(55)52-44-49(56)53-47(45-54)51(58)59/h5-8,11-14,17-19,21,25,27,46-47,54H,3-4,9-10,15-16,20,22-24,26,28-45H2,1-2H3,(H,52,55)(H,53,56)(H,58,59)/b7-5-,8-6-,13-11-,14-12-,19-17-,21-18-,27-25-. The Hall–Kier alpha value is -3.98. The number of aliphatic carboxylic acids is 1. The summed E-state index contributed by atoms with van der Waals surface area (Å²) in [5, 5.41) is 22.6. The summed E-state index contributed by atoms with van der Waals surface area (Å²) < 4.78 is 6.03. The highest BCUT2D eigenvalue weighted by Crippen LogP contribution is 2.18. The second-order valence-corrected chi connectivity index (χ2v) is 15.4. The van der Waals surface area contributed by atoms with E-state index >= 15 is 0 Å². The van der Waals surface area contributed by atoms with Gasteiger partial charge in [0.15, 0.2) is 0 Å². The van der Waals surface area contributed by atoms with Crippen molar-refractivity contribution >= 4 is 23.8 Å². The molecule has 0 aromatic rings. The lowest BCUT2D eigenvalue weighted by molar-refractivity contribution is -0.150. The van der Waals surface area contributed by atoms with Crippen LogP contribution in [0.4, 0.5) is 0 Å². The number of allylic oxidation sites excluding steroid dienone is 14. The first kappa shape index (κ1) is 56.0. The number of carbonyl (C=O) groups excluding carboxylic acids is 3. The zero-order valence-electron chi connectivity index (χ0n) is 37.7. The molecule has 4 N–H and O–H groups in total. The molecular formula is C51H84N2O7. The number of hydrogen-bond donors (Lipinski definition) is 4. The predicted molar refractivity (Wildman–Crippen MR) is 250 cm³/mol. The largest absolute Gasteiger partial charge is 0.480 e. The van der Waals surface area contributed by atoms with E-state index in [0.717, 1.165) is 128 Å². The van der Waals surface area contributed by atoms with Crippen LogP contribution in [0.25, 0.3) is 0 Å². The lowest BCUT2D eigenvalue weighted by Gasteiger charge is -2.18. The Bertz CT molecular complexity index is 1280. The Morgan fingerprint density at radius 3 is 1.38 bits per heavy atom. The molecule has 340 valence electrons. The maximum atomic E-state index is 12.8. The average molecular weight is 837 g/mol. The minimum Gasteiger partial charge on any atom is -0.480 e. The van der Waals surface area contributed by atoms with Crippen LogP contribution in [0.3, 0.4) is 0 Å². The van der Waals surface area contributed by atoms with E-state index < -0.39 is 24.5 Å². The highest BCUT2D eigenvalue weighted by atomic mass is 16.5. The molecule has 0 radical (unpaired) electrons. The predicted octanol–water partition coefficient (Wildman–Crippen LogP) is 12.0. The fraction of sp³-hybridized carbons (Fsp3) is 0.647. The number of carboxylic acids is 1. The van der Waals surface area contributed by atoms with Crippen LogP contribution in [0.1, 0.15) is 187 Å². The quantitative estimate of drug-likeness (QED) is 0.0273. The van der Waals surface area contributed by atoms with E-state index in [9.17, 15) is 19.2 Å². The van der Waals surface area contributed by atoms with E-state index in [-0.39, 0.29) is 30.9 Å². The van der Waals surface area contributed by atoms with Gasteiger partial charge in [0.2, 0.25) is 11.8 Å². The molecule has 0 spiro atoms. The van der Waals surface area contributed by atoms with E-state index in [0.29, 0.717) is 12.8 Å². The maximum Gasteiger partial charge on any atom is 0.328 e. The second-order valence-electron chi connectivity index (χ2n) is 15.4. The molecule has 0 aliphatic carbocycles. The third-order valence-electron chi connectivity index (χ3n) is 9.89. The van der Waals surface area contributed by atoms with E-state index in [1.807, 2.05) is 0 Å². The van der Waals surface area contributed by atoms with Gasteiger partial charge in [-0.25, -0.2) is 4.79 Å². The van der Waals surface area contributed by atoms with Gasteiger partial charge in [0, 0.05) is 12.8 Å². The fourth-order valence-corrected chi connectivity index (χ4v) is 6.37. The van der Waals surface area contributed by atoms with Crippen LogP contribution in [-0.4, -0.2) is 59.3 Å². The Labute approximate surface area is 365 Å². The minimum absolute atomic E-state index is 0.0635. The molecule has 2 amide bonds. The lowest BCUT2D eigenvalue weighted by Crippen LogP contribution is -2.47. The summed E-state index contributed by atoms with van der Waals surface area (Å²) in [6.45, 7) is 3.25. The molecule has 60 heavy (non-hydrogen) atoms. The van der Waals surface area contributed by atoms with E-state index in [2.05, 4.69) is 110 Å². The number of carboxylic acid groups (broad SMARTS) is 1. The zero-order chi connectivity index (χ0) is 44.0. The summed E-state index contributed by atoms with van der Waals surface area (Å²) in [4.78, 5) is 47.7. The number of carbonyl (C=O) groups is 4. The number of ether oxygens (including phenoxy) is 1. The highest BCUT2D eigenvalue weighted by Gasteiger charge is 2.19. The molecule has 0 rings (SSSR count). The first-order valence-electron chi connectivity index (χ1n) is 23.5. The van der Waals surface area contributed by atoms with Gasteiger partial charge in [-0.1, -0.05) is 150 Å². The summed E-state index contributed by atoms with van der Waals surface area (Å²) in [5.41, 5.74) is 0. The summed E-state index contributed by atoms with van der Waals surface area (Å²) in [6.07, 6.45) is 57.5. The summed E-state index contributed by atoms with van der Waals surface area (Å²) in [7, 11) is 0. The van der Waals surface area contributed by atoms with Gasteiger partial charge in [-0.05, 0) is 109 Å². The molecule has 2 unspecified atom stereocenters. The Balaban J connectivity index is 4.44. The lowest BCUT2D eigenvalue weighted by atomic mass is 10.0. The second kappa shape index (κ2) is 44.6. The summed E-state index contributed by atoms with van der Waals surface area (Å²) in [6, 6.07) is -1.39. The van der Waals surface area contributed by atoms with Crippen LogP contribution in [0.15, 0.2) is 85.1 Å². The van der Waals surface area contributed by atoms with Crippen molar-refractivity contribution in [2.75, 3.05) is 13.2 Å². The van der Waals surface area contributed by atoms with Crippen molar-refractivity contribution in [1.82, 2.24) is 10.6 Å². The molecule has 0 fully saturated rings. The van der Waals surface area contributed by atoms with Crippen molar-refractivity contribution in [1.29, 1.82) is 0 Å². The Kier molecular flexibility index (Phi) is 41.6. The van der Waals surface area contributed by atoms with Crippen LogP contribution in [0, 0.1) is 0 Å². The zero-order valence-corrected chi connectivity index (χ0v) is 37.7. The third kappa shape index (κ3) is 40.8. The van der Waals surface area contributed by atoms with Crippen molar-refractivity contribution < 1.29 is 34.1 Å². The molecule has 0 heterocycles. The first-order valence-corrected chi connectivity index (χ1v) is 23.5. The van der Waals surface area contributed by atoms with Gasteiger partial charge in [-0.15, -0.1) is 0 Å². The van der Waals surface area contributed by atoms with Gasteiger partial charge in [-0.3, -0.25) is 14.4 Å². The number of esters is 1. The molecule has 0 aliphatic rings. The van der Waals surface area contributed by atoms with Gasteiger partial charge in [-0.2, -0.15) is 0 Å². The summed E-state index contributed by atoms with van der Waals surface area (Å²) in [5.74, 6) is -2.35. The smallest absolute Gasteiger partial charge is 0.328 e. The van der Waals surface area contributed by atoms with Crippen LogP contribution in [-0.2, 0) is 23.9 Å². The molecule has 0 aromatic heterocycles. The Morgan fingerprint density at radius 2 is 0.900 bits per heavy atom. The van der Waals surface area contributed by atoms with Gasteiger partial charge in [0.1, 0.15) is 12.1 Å². The van der Waals surface area contributed by atoms with Crippen molar-refractivity contribution in [2.45, 2.75) is 199 Å². The van der Waals surface area contributed by atoms with Crippen LogP contribution >= 0.6 is 0 Å². The van der Waals surface area contributed by atoms with Crippen LogP contribution < -0.4 is 10.6 Å². The van der Waals surface area contributed by atoms with E-state index in [1.165, 1.54) is 25.7 Å². The van der Waals surface area contributed by atoms with Crippen molar-refractivity contribution in [2.24, 2.45) is 0 Å². The molecule has 2 atom stereocenters. The molecule has 0 saturated carbocycles. The molecule has 0 aliphatic heterocycles. The monoisotopic (exact) mass is 837 g/mol.